The van der Waals surface area contributed by atoms with Crippen LogP contribution in [-0.4, -0.2) is 22.4 Å². The molecule has 1 saturated carbocycles. The Balaban J connectivity index is 1.93. The quantitative estimate of drug-likeness (QED) is 0.920. The summed E-state index contributed by atoms with van der Waals surface area (Å²) in [5, 5.41) is 3.63. The molecule has 1 saturated heterocycles. The van der Waals surface area contributed by atoms with E-state index in [4.69, 9.17) is 0 Å². The molecule has 3 nitrogen and oxygen atoms in total. The minimum Gasteiger partial charge on any atom is -0.319 e. The fraction of sp³-hybridized carbons (Fsp3) is 0.611. The Bertz CT molecular complexity index is 548. The highest BCUT2D eigenvalue weighted by molar-refractivity contribution is 5.92. The van der Waals surface area contributed by atoms with Gasteiger partial charge in [-0.05, 0) is 50.2 Å². The van der Waals surface area contributed by atoms with E-state index < -0.39 is 0 Å². The van der Waals surface area contributed by atoms with E-state index in [1.807, 2.05) is 0 Å². The average Bonchev–Trinajstić information content (AvgIpc) is 3.12. The SMILES string of the molecule is Cc1ccccc1C1NC2(CC2)C(=O)N1C(C)CC(C)C. The van der Waals surface area contributed by atoms with Gasteiger partial charge in [0.25, 0.3) is 0 Å². The summed E-state index contributed by atoms with van der Waals surface area (Å²) in [7, 11) is 0. The van der Waals surface area contributed by atoms with Gasteiger partial charge in [-0.1, -0.05) is 38.1 Å². The molecule has 1 spiro atoms. The van der Waals surface area contributed by atoms with Crippen LogP contribution in [0.5, 0.6) is 0 Å². The first-order valence-electron chi connectivity index (χ1n) is 8.10. The second-order valence-corrected chi connectivity index (χ2v) is 7.18. The van der Waals surface area contributed by atoms with Crippen LogP contribution in [0.1, 0.15) is 57.3 Å². The summed E-state index contributed by atoms with van der Waals surface area (Å²) in [5.41, 5.74) is 2.24. The van der Waals surface area contributed by atoms with Crippen LogP contribution < -0.4 is 5.32 Å². The van der Waals surface area contributed by atoms with Crippen molar-refractivity contribution in [3.05, 3.63) is 35.4 Å². The van der Waals surface area contributed by atoms with Crippen molar-refractivity contribution < 1.29 is 4.79 Å². The molecule has 1 aromatic carbocycles. The van der Waals surface area contributed by atoms with Crippen LogP contribution in [0, 0.1) is 12.8 Å². The maximum atomic E-state index is 12.9. The van der Waals surface area contributed by atoms with Crippen molar-refractivity contribution >= 4 is 5.91 Å². The van der Waals surface area contributed by atoms with Crippen molar-refractivity contribution in [2.75, 3.05) is 0 Å². The second-order valence-electron chi connectivity index (χ2n) is 7.18. The Hall–Kier alpha value is -1.35. The molecule has 1 aromatic rings. The molecule has 1 N–H and O–H groups in total. The number of carbonyl (C=O) groups is 1. The zero-order chi connectivity index (χ0) is 15.2. The van der Waals surface area contributed by atoms with Gasteiger partial charge >= 0.3 is 0 Å². The van der Waals surface area contributed by atoms with Crippen LogP contribution in [0.2, 0.25) is 0 Å². The van der Waals surface area contributed by atoms with Gasteiger partial charge in [-0.25, -0.2) is 0 Å². The lowest BCUT2D eigenvalue weighted by molar-refractivity contribution is -0.133. The van der Waals surface area contributed by atoms with Crippen LogP contribution >= 0.6 is 0 Å². The highest BCUT2D eigenvalue weighted by atomic mass is 16.2. The number of amides is 1. The van der Waals surface area contributed by atoms with Crippen molar-refractivity contribution in [1.29, 1.82) is 0 Å². The van der Waals surface area contributed by atoms with Crippen LogP contribution in [-0.2, 0) is 4.79 Å². The molecule has 1 heterocycles. The Morgan fingerprint density at radius 3 is 2.52 bits per heavy atom. The Morgan fingerprint density at radius 1 is 1.29 bits per heavy atom. The van der Waals surface area contributed by atoms with E-state index in [9.17, 15) is 4.79 Å². The molecule has 0 bridgehead atoms. The van der Waals surface area contributed by atoms with E-state index in [0.29, 0.717) is 11.8 Å². The Kier molecular flexibility index (Phi) is 3.56. The molecule has 1 aliphatic carbocycles. The van der Waals surface area contributed by atoms with Crippen molar-refractivity contribution in [2.24, 2.45) is 5.92 Å². The monoisotopic (exact) mass is 286 g/mol. The lowest BCUT2D eigenvalue weighted by atomic mass is 10.0. The number of nitrogens with one attached hydrogen (secondary N) is 1. The van der Waals surface area contributed by atoms with Crippen molar-refractivity contribution in [3.63, 3.8) is 0 Å². The van der Waals surface area contributed by atoms with Gasteiger partial charge in [0.1, 0.15) is 11.7 Å². The summed E-state index contributed by atoms with van der Waals surface area (Å²) < 4.78 is 0. The molecule has 0 radical (unpaired) electrons. The first kappa shape index (κ1) is 14.6. The molecule has 1 amide bonds. The largest absolute Gasteiger partial charge is 0.319 e. The number of benzene rings is 1. The summed E-state index contributed by atoms with van der Waals surface area (Å²) in [6.45, 7) is 8.76. The lowest BCUT2D eigenvalue weighted by Crippen LogP contribution is -2.39. The first-order chi connectivity index (χ1) is 9.94. The van der Waals surface area contributed by atoms with Crippen LogP contribution in [0.15, 0.2) is 24.3 Å². The second kappa shape index (κ2) is 5.13. The number of hydrogen-bond acceptors (Lipinski definition) is 2. The lowest BCUT2D eigenvalue weighted by Gasteiger charge is -2.32. The smallest absolute Gasteiger partial charge is 0.244 e. The number of carbonyl (C=O) groups excluding carboxylic acids is 1. The summed E-state index contributed by atoms with van der Waals surface area (Å²) in [5.74, 6) is 0.907. The molecule has 2 atom stereocenters. The number of nitrogens with zero attached hydrogens (tertiary/aromatic N) is 1. The third kappa shape index (κ3) is 2.48. The highest BCUT2D eigenvalue weighted by Gasteiger charge is 2.60. The van der Waals surface area contributed by atoms with E-state index in [0.717, 1.165) is 19.3 Å². The Morgan fingerprint density at radius 2 is 1.95 bits per heavy atom. The van der Waals surface area contributed by atoms with E-state index in [1.54, 1.807) is 0 Å². The average molecular weight is 286 g/mol. The molecule has 2 fully saturated rings. The van der Waals surface area contributed by atoms with Gasteiger partial charge in [0.05, 0.1) is 0 Å². The summed E-state index contributed by atoms with van der Waals surface area (Å²) in [6.07, 6.45) is 3.05. The van der Waals surface area contributed by atoms with Gasteiger partial charge in [0.15, 0.2) is 0 Å². The molecule has 2 aliphatic rings. The maximum Gasteiger partial charge on any atom is 0.244 e. The first-order valence-corrected chi connectivity index (χ1v) is 8.10. The predicted octanol–water partition coefficient (Wildman–Crippen LogP) is 3.39. The van der Waals surface area contributed by atoms with Gasteiger partial charge in [-0.3, -0.25) is 10.1 Å². The zero-order valence-corrected chi connectivity index (χ0v) is 13.5. The fourth-order valence-corrected chi connectivity index (χ4v) is 3.61. The number of hydrogen-bond donors (Lipinski definition) is 1. The number of rotatable bonds is 4. The Labute approximate surface area is 127 Å². The minimum absolute atomic E-state index is 0.0370. The maximum absolute atomic E-state index is 12.9. The molecule has 3 rings (SSSR count). The van der Waals surface area contributed by atoms with Crippen molar-refractivity contribution in [3.8, 4) is 0 Å². The fourth-order valence-electron chi connectivity index (χ4n) is 3.61. The highest BCUT2D eigenvalue weighted by Crippen LogP contribution is 2.47. The van der Waals surface area contributed by atoms with Crippen LogP contribution in [0.3, 0.4) is 0 Å². The molecule has 2 unspecified atom stereocenters. The molecular formula is C18H26N2O. The number of aryl methyl sites for hydroxylation is 1. The molecule has 1 aliphatic heterocycles. The van der Waals surface area contributed by atoms with Gasteiger partial charge in [-0.15, -0.1) is 0 Å². The predicted molar refractivity (Wildman–Crippen MR) is 84.8 cm³/mol. The molecular weight excluding hydrogens is 260 g/mol. The van der Waals surface area contributed by atoms with E-state index in [1.165, 1.54) is 11.1 Å². The summed E-state index contributed by atoms with van der Waals surface area (Å²) >= 11 is 0. The third-order valence-electron chi connectivity index (χ3n) is 4.86. The van der Waals surface area contributed by atoms with Gasteiger partial charge in [0.2, 0.25) is 5.91 Å². The van der Waals surface area contributed by atoms with E-state index >= 15 is 0 Å². The summed E-state index contributed by atoms with van der Waals surface area (Å²) in [4.78, 5) is 15.0. The van der Waals surface area contributed by atoms with Crippen LogP contribution in [0.25, 0.3) is 0 Å². The van der Waals surface area contributed by atoms with Gasteiger partial charge < -0.3 is 4.90 Å². The van der Waals surface area contributed by atoms with Gasteiger partial charge in [0, 0.05) is 6.04 Å². The van der Waals surface area contributed by atoms with Gasteiger partial charge in [-0.2, -0.15) is 0 Å². The molecule has 3 heteroatoms. The third-order valence-corrected chi connectivity index (χ3v) is 4.86. The standard InChI is InChI=1S/C18H26N2O/c1-12(2)11-14(4)20-16(15-8-6-5-7-13(15)3)19-18(9-10-18)17(20)21/h5-8,12,14,16,19H,9-11H2,1-4H3. The molecule has 0 aromatic heterocycles. The minimum atomic E-state index is -0.252. The normalized spacial score (nSPS) is 24.9. The van der Waals surface area contributed by atoms with E-state index in [-0.39, 0.29) is 17.7 Å². The zero-order valence-electron chi connectivity index (χ0n) is 13.5. The topological polar surface area (TPSA) is 32.3 Å². The van der Waals surface area contributed by atoms with E-state index in [2.05, 4.69) is 62.2 Å². The van der Waals surface area contributed by atoms with Crippen molar-refractivity contribution in [1.82, 2.24) is 10.2 Å². The van der Waals surface area contributed by atoms with Crippen molar-refractivity contribution in [2.45, 2.75) is 64.7 Å². The molecule has 114 valence electrons. The molecule has 21 heavy (non-hydrogen) atoms. The van der Waals surface area contributed by atoms with Crippen LogP contribution in [0.4, 0.5) is 0 Å². The summed E-state index contributed by atoms with van der Waals surface area (Å²) in [6, 6.07) is 8.68.